The number of nitrogens with one attached hydrogen (secondary N) is 1. The first-order chi connectivity index (χ1) is 9.11. The minimum atomic E-state index is -0.556. The quantitative estimate of drug-likeness (QED) is 0.790. The van der Waals surface area contributed by atoms with Crippen LogP contribution in [0.1, 0.15) is 24.1 Å². The van der Waals surface area contributed by atoms with Crippen molar-refractivity contribution in [3.8, 4) is 0 Å². The van der Waals surface area contributed by atoms with Gasteiger partial charge in [0, 0.05) is 15.2 Å². The molecule has 2 aromatic rings. The molecule has 2 aromatic carbocycles. The van der Waals surface area contributed by atoms with Crippen molar-refractivity contribution in [2.24, 2.45) is 0 Å². The van der Waals surface area contributed by atoms with Gasteiger partial charge in [-0.15, -0.1) is 0 Å². The van der Waals surface area contributed by atoms with Gasteiger partial charge in [-0.05, 0) is 52.9 Å². The summed E-state index contributed by atoms with van der Waals surface area (Å²) in [6.07, 6.45) is 0. The van der Waals surface area contributed by atoms with E-state index in [4.69, 9.17) is 0 Å². The highest BCUT2D eigenvalue weighted by atomic mass is 127. The largest absolute Gasteiger partial charge is 0.306 e. The average Bonchev–Trinajstić information content (AvgIpc) is 2.38. The molecular weight excluding hydrogens is 359 g/mol. The summed E-state index contributed by atoms with van der Waals surface area (Å²) in [4.78, 5) is 0. The fourth-order valence-corrected chi connectivity index (χ4v) is 2.36. The van der Waals surface area contributed by atoms with Crippen molar-refractivity contribution in [2.45, 2.75) is 13.0 Å². The molecule has 100 valence electrons. The van der Waals surface area contributed by atoms with Crippen molar-refractivity contribution < 1.29 is 8.78 Å². The van der Waals surface area contributed by atoms with E-state index in [9.17, 15) is 8.78 Å². The first-order valence-corrected chi connectivity index (χ1v) is 7.13. The fourth-order valence-electron chi connectivity index (χ4n) is 2.00. The lowest BCUT2D eigenvalue weighted by atomic mass is 9.98. The van der Waals surface area contributed by atoms with E-state index >= 15 is 0 Å². The van der Waals surface area contributed by atoms with Crippen LogP contribution < -0.4 is 5.32 Å². The van der Waals surface area contributed by atoms with E-state index in [0.29, 0.717) is 12.1 Å². The van der Waals surface area contributed by atoms with E-state index in [1.165, 1.54) is 12.1 Å². The second-order valence-electron chi connectivity index (χ2n) is 4.21. The van der Waals surface area contributed by atoms with Gasteiger partial charge in [-0.3, -0.25) is 0 Å². The van der Waals surface area contributed by atoms with Gasteiger partial charge >= 0.3 is 0 Å². The van der Waals surface area contributed by atoms with Gasteiger partial charge in [0.25, 0.3) is 0 Å². The van der Waals surface area contributed by atoms with Crippen LogP contribution in [0.3, 0.4) is 0 Å². The summed E-state index contributed by atoms with van der Waals surface area (Å²) in [6.45, 7) is 2.66. The van der Waals surface area contributed by atoms with E-state index in [2.05, 4.69) is 27.9 Å². The Bertz CT molecular complexity index is 555. The number of hydrogen-bond donors (Lipinski definition) is 1. The van der Waals surface area contributed by atoms with Crippen molar-refractivity contribution in [1.82, 2.24) is 5.32 Å². The molecule has 0 bridgehead atoms. The van der Waals surface area contributed by atoms with Crippen LogP contribution in [0.5, 0.6) is 0 Å². The molecule has 1 atom stereocenters. The Morgan fingerprint density at radius 2 is 1.79 bits per heavy atom. The zero-order chi connectivity index (χ0) is 13.8. The molecule has 0 saturated carbocycles. The standard InChI is InChI=1S/C15H14F2IN/c1-2-19-15(10-3-6-12(18)7-4-10)13-8-5-11(16)9-14(13)17/h3-9,15,19H,2H2,1H3. The van der Waals surface area contributed by atoms with Gasteiger partial charge < -0.3 is 5.32 Å². The SMILES string of the molecule is CCNC(c1ccc(I)cc1)c1ccc(F)cc1F. The molecule has 0 amide bonds. The predicted octanol–water partition coefficient (Wildman–Crippen LogP) is 4.27. The Kier molecular flexibility index (Phi) is 4.87. The number of halogens is 3. The summed E-state index contributed by atoms with van der Waals surface area (Å²) < 4.78 is 28.0. The van der Waals surface area contributed by atoms with Crippen molar-refractivity contribution >= 4 is 22.6 Å². The minimum Gasteiger partial charge on any atom is -0.306 e. The van der Waals surface area contributed by atoms with Crippen molar-refractivity contribution in [3.63, 3.8) is 0 Å². The summed E-state index contributed by atoms with van der Waals surface area (Å²) in [5.74, 6) is -1.08. The van der Waals surface area contributed by atoms with Crippen LogP contribution in [0.15, 0.2) is 42.5 Å². The van der Waals surface area contributed by atoms with Gasteiger partial charge in [0.15, 0.2) is 0 Å². The average molecular weight is 373 g/mol. The molecule has 1 nitrogen and oxygen atoms in total. The molecule has 0 saturated heterocycles. The van der Waals surface area contributed by atoms with Crippen LogP contribution in [0, 0.1) is 15.2 Å². The number of rotatable bonds is 4. The lowest BCUT2D eigenvalue weighted by Crippen LogP contribution is -2.23. The monoisotopic (exact) mass is 373 g/mol. The van der Waals surface area contributed by atoms with E-state index < -0.39 is 11.6 Å². The van der Waals surface area contributed by atoms with E-state index in [0.717, 1.165) is 15.2 Å². The normalized spacial score (nSPS) is 12.4. The highest BCUT2D eigenvalue weighted by Gasteiger charge is 2.17. The number of hydrogen-bond acceptors (Lipinski definition) is 1. The molecule has 0 radical (unpaired) electrons. The first-order valence-electron chi connectivity index (χ1n) is 6.05. The van der Waals surface area contributed by atoms with Crippen LogP contribution in [-0.2, 0) is 0 Å². The number of benzene rings is 2. The van der Waals surface area contributed by atoms with Crippen molar-refractivity contribution in [1.29, 1.82) is 0 Å². The summed E-state index contributed by atoms with van der Waals surface area (Å²) in [6, 6.07) is 11.3. The molecule has 4 heteroatoms. The van der Waals surface area contributed by atoms with Crippen LogP contribution in [0.2, 0.25) is 0 Å². The molecule has 1 N–H and O–H groups in total. The Morgan fingerprint density at radius 1 is 1.11 bits per heavy atom. The topological polar surface area (TPSA) is 12.0 Å². The summed E-state index contributed by atoms with van der Waals surface area (Å²) >= 11 is 2.22. The maximum absolute atomic E-state index is 13.9. The summed E-state index contributed by atoms with van der Waals surface area (Å²) in [7, 11) is 0. The van der Waals surface area contributed by atoms with E-state index in [-0.39, 0.29) is 6.04 Å². The zero-order valence-electron chi connectivity index (χ0n) is 10.5. The summed E-state index contributed by atoms with van der Waals surface area (Å²) in [5, 5.41) is 3.23. The van der Waals surface area contributed by atoms with Crippen LogP contribution in [-0.4, -0.2) is 6.54 Å². The summed E-state index contributed by atoms with van der Waals surface area (Å²) in [5.41, 5.74) is 1.43. The molecule has 0 aliphatic heterocycles. The molecule has 0 aliphatic rings. The maximum Gasteiger partial charge on any atom is 0.131 e. The van der Waals surface area contributed by atoms with Gasteiger partial charge in [0.2, 0.25) is 0 Å². The van der Waals surface area contributed by atoms with E-state index in [1.54, 1.807) is 0 Å². The Hall–Kier alpha value is -1.01. The van der Waals surface area contributed by atoms with Crippen LogP contribution in [0.25, 0.3) is 0 Å². The van der Waals surface area contributed by atoms with Gasteiger partial charge in [0.05, 0.1) is 6.04 Å². The second-order valence-corrected chi connectivity index (χ2v) is 5.45. The van der Waals surface area contributed by atoms with Crippen LogP contribution >= 0.6 is 22.6 Å². The molecule has 19 heavy (non-hydrogen) atoms. The Labute approximate surface area is 125 Å². The van der Waals surface area contributed by atoms with Crippen molar-refractivity contribution in [2.75, 3.05) is 6.54 Å². The minimum absolute atomic E-state index is 0.261. The molecule has 2 rings (SSSR count). The van der Waals surface area contributed by atoms with Gasteiger partial charge in [-0.2, -0.15) is 0 Å². The fraction of sp³-hybridized carbons (Fsp3) is 0.200. The molecule has 0 spiro atoms. The van der Waals surface area contributed by atoms with Crippen molar-refractivity contribution in [3.05, 3.63) is 68.8 Å². The lowest BCUT2D eigenvalue weighted by Gasteiger charge is -2.19. The second kappa shape index (κ2) is 6.43. The van der Waals surface area contributed by atoms with E-state index in [1.807, 2.05) is 31.2 Å². The third kappa shape index (κ3) is 3.51. The highest BCUT2D eigenvalue weighted by molar-refractivity contribution is 14.1. The molecule has 0 heterocycles. The van der Waals surface area contributed by atoms with Gasteiger partial charge in [-0.1, -0.05) is 25.1 Å². The third-order valence-corrected chi connectivity index (χ3v) is 3.60. The molecular formula is C15H14F2IN. The van der Waals surface area contributed by atoms with Gasteiger partial charge in [0.1, 0.15) is 11.6 Å². The molecule has 0 aliphatic carbocycles. The zero-order valence-corrected chi connectivity index (χ0v) is 12.6. The smallest absolute Gasteiger partial charge is 0.131 e. The van der Waals surface area contributed by atoms with Crippen LogP contribution in [0.4, 0.5) is 8.78 Å². The Morgan fingerprint density at radius 3 is 2.37 bits per heavy atom. The molecule has 0 fully saturated rings. The Balaban J connectivity index is 2.41. The molecule has 0 aromatic heterocycles. The lowest BCUT2D eigenvalue weighted by molar-refractivity contribution is 0.541. The third-order valence-electron chi connectivity index (χ3n) is 2.89. The van der Waals surface area contributed by atoms with Gasteiger partial charge in [-0.25, -0.2) is 8.78 Å². The maximum atomic E-state index is 13.9. The predicted molar refractivity (Wildman–Crippen MR) is 81.0 cm³/mol. The first kappa shape index (κ1) is 14.4. The highest BCUT2D eigenvalue weighted by Crippen LogP contribution is 2.25. The molecule has 1 unspecified atom stereocenters.